The molecular formula is C15H29NS. The van der Waals surface area contributed by atoms with Crippen molar-refractivity contribution >= 4 is 11.8 Å². The zero-order chi connectivity index (χ0) is 12.1. The predicted octanol–water partition coefficient (Wildman–Crippen LogP) is 4.22. The smallest absolute Gasteiger partial charge is 0.0201 e. The third-order valence-corrected chi connectivity index (χ3v) is 5.97. The van der Waals surface area contributed by atoms with E-state index in [-0.39, 0.29) is 0 Å². The van der Waals surface area contributed by atoms with Gasteiger partial charge in [-0.1, -0.05) is 39.5 Å². The Morgan fingerprint density at radius 3 is 2.65 bits per heavy atom. The van der Waals surface area contributed by atoms with Crippen LogP contribution in [0.5, 0.6) is 0 Å². The van der Waals surface area contributed by atoms with Gasteiger partial charge in [0.05, 0.1) is 0 Å². The van der Waals surface area contributed by atoms with Crippen molar-refractivity contribution in [3.8, 4) is 0 Å². The van der Waals surface area contributed by atoms with E-state index in [9.17, 15) is 0 Å². The molecule has 0 aromatic carbocycles. The molecule has 0 heterocycles. The molecule has 4 atom stereocenters. The van der Waals surface area contributed by atoms with Gasteiger partial charge in [-0.15, -0.1) is 0 Å². The van der Waals surface area contributed by atoms with Crippen LogP contribution >= 0.6 is 11.8 Å². The maximum absolute atomic E-state index is 4.00. The molecule has 2 saturated carbocycles. The third kappa shape index (κ3) is 3.89. The van der Waals surface area contributed by atoms with Gasteiger partial charge in [-0.25, -0.2) is 0 Å². The van der Waals surface area contributed by atoms with Crippen molar-refractivity contribution in [2.24, 2.45) is 5.92 Å². The van der Waals surface area contributed by atoms with Gasteiger partial charge in [0.25, 0.3) is 0 Å². The van der Waals surface area contributed by atoms with E-state index in [1.165, 1.54) is 57.1 Å². The molecule has 0 spiro atoms. The first-order chi connectivity index (χ1) is 8.33. The Labute approximate surface area is 112 Å². The lowest BCUT2D eigenvalue weighted by Crippen LogP contribution is -2.43. The standard InChI is InChI=1S/C15H29NS/c1-3-12-7-5-8-13(11-12)16-14-9-6-10-15(14)17-4-2/h12-16H,3-11H2,1-2H3. The van der Waals surface area contributed by atoms with Crippen LogP contribution in [0.2, 0.25) is 0 Å². The van der Waals surface area contributed by atoms with Gasteiger partial charge in [0.2, 0.25) is 0 Å². The van der Waals surface area contributed by atoms with E-state index >= 15 is 0 Å². The maximum atomic E-state index is 4.00. The van der Waals surface area contributed by atoms with Crippen LogP contribution in [-0.2, 0) is 0 Å². The Balaban J connectivity index is 1.79. The van der Waals surface area contributed by atoms with E-state index in [1.54, 1.807) is 0 Å². The predicted molar refractivity (Wildman–Crippen MR) is 78.7 cm³/mol. The van der Waals surface area contributed by atoms with Crippen molar-refractivity contribution in [3.05, 3.63) is 0 Å². The maximum Gasteiger partial charge on any atom is 0.0201 e. The lowest BCUT2D eigenvalue weighted by atomic mass is 9.84. The van der Waals surface area contributed by atoms with Crippen LogP contribution in [0.4, 0.5) is 0 Å². The third-order valence-electron chi connectivity index (χ3n) is 4.64. The summed E-state index contributed by atoms with van der Waals surface area (Å²) in [7, 11) is 0. The van der Waals surface area contributed by atoms with Crippen molar-refractivity contribution in [2.75, 3.05) is 5.75 Å². The zero-order valence-corrected chi connectivity index (χ0v) is 12.4. The van der Waals surface area contributed by atoms with Gasteiger partial charge in [-0.3, -0.25) is 0 Å². The Kier molecular flexibility index (Phi) is 5.68. The van der Waals surface area contributed by atoms with Crippen molar-refractivity contribution in [3.63, 3.8) is 0 Å². The molecule has 1 nitrogen and oxygen atoms in total. The second-order valence-corrected chi connectivity index (χ2v) is 7.35. The van der Waals surface area contributed by atoms with Crippen molar-refractivity contribution in [1.29, 1.82) is 0 Å². The molecule has 17 heavy (non-hydrogen) atoms. The first-order valence-corrected chi connectivity index (χ1v) is 8.76. The number of rotatable bonds is 5. The van der Waals surface area contributed by atoms with Gasteiger partial charge in [-0.2, -0.15) is 11.8 Å². The van der Waals surface area contributed by atoms with E-state index in [0.717, 1.165) is 23.3 Å². The fraction of sp³-hybridized carbons (Fsp3) is 1.00. The Morgan fingerprint density at radius 2 is 1.88 bits per heavy atom. The second-order valence-electron chi connectivity index (χ2n) is 5.84. The van der Waals surface area contributed by atoms with Crippen LogP contribution in [0, 0.1) is 5.92 Å². The molecule has 2 aliphatic rings. The fourth-order valence-corrected chi connectivity index (χ4v) is 4.85. The summed E-state index contributed by atoms with van der Waals surface area (Å²) in [5.41, 5.74) is 0. The van der Waals surface area contributed by atoms with Crippen molar-refractivity contribution < 1.29 is 0 Å². The molecule has 100 valence electrons. The number of hydrogen-bond acceptors (Lipinski definition) is 2. The number of hydrogen-bond donors (Lipinski definition) is 1. The Hall–Kier alpha value is 0.310. The Morgan fingerprint density at radius 1 is 1.06 bits per heavy atom. The van der Waals surface area contributed by atoms with E-state index in [1.807, 2.05) is 0 Å². The highest BCUT2D eigenvalue weighted by atomic mass is 32.2. The van der Waals surface area contributed by atoms with Crippen LogP contribution in [0.3, 0.4) is 0 Å². The lowest BCUT2D eigenvalue weighted by Gasteiger charge is -2.33. The summed E-state index contributed by atoms with van der Waals surface area (Å²) in [5, 5.41) is 4.90. The zero-order valence-electron chi connectivity index (χ0n) is 11.6. The molecule has 0 aromatic heterocycles. The number of nitrogens with one attached hydrogen (secondary N) is 1. The van der Waals surface area contributed by atoms with Gasteiger partial charge >= 0.3 is 0 Å². The first-order valence-electron chi connectivity index (χ1n) is 7.71. The molecule has 0 saturated heterocycles. The van der Waals surface area contributed by atoms with E-state index in [4.69, 9.17) is 0 Å². The van der Waals surface area contributed by atoms with Gasteiger partial charge in [0.1, 0.15) is 0 Å². The van der Waals surface area contributed by atoms with E-state index in [2.05, 4.69) is 30.9 Å². The molecule has 0 bridgehead atoms. The molecule has 0 aromatic rings. The average molecular weight is 255 g/mol. The van der Waals surface area contributed by atoms with Crippen molar-refractivity contribution in [1.82, 2.24) is 5.32 Å². The second kappa shape index (κ2) is 7.04. The highest BCUT2D eigenvalue weighted by Crippen LogP contribution is 2.32. The van der Waals surface area contributed by atoms with Gasteiger partial charge in [0.15, 0.2) is 0 Å². The normalized spacial score (nSPS) is 38.5. The summed E-state index contributed by atoms with van der Waals surface area (Å²) in [6.45, 7) is 4.66. The molecule has 1 N–H and O–H groups in total. The quantitative estimate of drug-likeness (QED) is 0.789. The molecule has 0 amide bonds. The fourth-order valence-electron chi connectivity index (χ4n) is 3.65. The first kappa shape index (κ1) is 13.7. The topological polar surface area (TPSA) is 12.0 Å². The largest absolute Gasteiger partial charge is 0.310 e. The lowest BCUT2D eigenvalue weighted by molar-refractivity contribution is 0.263. The van der Waals surface area contributed by atoms with Crippen LogP contribution in [0.25, 0.3) is 0 Å². The van der Waals surface area contributed by atoms with Gasteiger partial charge < -0.3 is 5.32 Å². The van der Waals surface area contributed by atoms with Crippen LogP contribution in [0.1, 0.15) is 65.2 Å². The molecule has 2 aliphatic carbocycles. The summed E-state index contributed by atoms with van der Waals surface area (Å²) in [4.78, 5) is 0. The number of thioether (sulfide) groups is 1. The molecule has 0 aliphatic heterocycles. The molecule has 2 rings (SSSR count). The van der Waals surface area contributed by atoms with Crippen LogP contribution in [-0.4, -0.2) is 23.1 Å². The summed E-state index contributed by atoms with van der Waals surface area (Å²) >= 11 is 2.18. The molecular weight excluding hydrogens is 226 g/mol. The summed E-state index contributed by atoms with van der Waals surface area (Å²) in [6.07, 6.45) is 11.5. The minimum atomic E-state index is 0.820. The highest BCUT2D eigenvalue weighted by molar-refractivity contribution is 7.99. The summed E-state index contributed by atoms with van der Waals surface area (Å²) in [6, 6.07) is 1.65. The van der Waals surface area contributed by atoms with Crippen LogP contribution < -0.4 is 5.32 Å². The van der Waals surface area contributed by atoms with Crippen molar-refractivity contribution in [2.45, 2.75) is 82.5 Å². The highest BCUT2D eigenvalue weighted by Gasteiger charge is 2.30. The van der Waals surface area contributed by atoms with E-state index < -0.39 is 0 Å². The summed E-state index contributed by atoms with van der Waals surface area (Å²) in [5.74, 6) is 2.28. The van der Waals surface area contributed by atoms with Crippen LogP contribution in [0.15, 0.2) is 0 Å². The summed E-state index contributed by atoms with van der Waals surface area (Å²) < 4.78 is 0. The van der Waals surface area contributed by atoms with E-state index in [0.29, 0.717) is 0 Å². The van der Waals surface area contributed by atoms with Gasteiger partial charge in [-0.05, 0) is 37.4 Å². The monoisotopic (exact) mass is 255 g/mol. The minimum Gasteiger partial charge on any atom is -0.310 e. The minimum absolute atomic E-state index is 0.820. The molecule has 2 fully saturated rings. The average Bonchev–Trinajstić information content (AvgIpc) is 2.78. The SMILES string of the molecule is CCSC1CCCC1NC1CCCC(CC)C1. The van der Waals surface area contributed by atoms with Gasteiger partial charge in [0, 0.05) is 17.3 Å². The molecule has 2 heteroatoms. The Bertz CT molecular complexity index is 219. The molecule has 0 radical (unpaired) electrons. The molecule has 4 unspecified atom stereocenters.